The molecule has 0 spiro atoms. The Labute approximate surface area is 69.6 Å². The minimum absolute atomic E-state index is 0.876. The number of rotatable bonds is 1. The molecule has 2 rings (SSSR count). The topological polar surface area (TPSA) is 12.0 Å². The molecule has 1 unspecified atom stereocenters. The Kier molecular flexibility index (Phi) is 1.92. The molecule has 0 aliphatic carbocycles. The third-order valence-electron chi connectivity index (χ3n) is 3.45. The third-order valence-corrected chi connectivity index (χ3v) is 3.45. The zero-order chi connectivity index (χ0) is 7.84. The van der Waals surface area contributed by atoms with E-state index in [4.69, 9.17) is 0 Å². The van der Waals surface area contributed by atoms with Crippen LogP contribution in [0.25, 0.3) is 0 Å². The molecule has 2 aliphatic heterocycles. The maximum absolute atomic E-state index is 3.68. The number of piperidine rings is 1. The highest BCUT2D eigenvalue weighted by molar-refractivity contribution is 4.92. The van der Waals surface area contributed by atoms with Crippen molar-refractivity contribution >= 4 is 0 Å². The zero-order valence-corrected chi connectivity index (χ0v) is 7.64. The molecule has 2 aliphatic rings. The second kappa shape index (κ2) is 2.78. The van der Waals surface area contributed by atoms with Gasteiger partial charge in [0.15, 0.2) is 0 Å². The van der Waals surface area contributed by atoms with Crippen molar-refractivity contribution < 1.29 is 0 Å². The minimum Gasteiger partial charge on any atom is -0.311 e. The van der Waals surface area contributed by atoms with Crippen LogP contribution in [0.5, 0.6) is 0 Å². The fraction of sp³-hybridized carbons (Fsp3) is 1.00. The van der Waals surface area contributed by atoms with Crippen LogP contribution in [-0.4, -0.2) is 12.1 Å². The highest BCUT2D eigenvalue weighted by atomic mass is 15.0. The Morgan fingerprint density at radius 2 is 1.64 bits per heavy atom. The SMILES string of the molecule is CC(C)C1C[C@H]2CC[C@@H](C1)N2. The lowest BCUT2D eigenvalue weighted by atomic mass is 9.84. The number of hydrogen-bond donors (Lipinski definition) is 1. The first-order valence-corrected chi connectivity index (χ1v) is 5.01. The molecule has 64 valence electrons. The molecular weight excluding hydrogens is 134 g/mol. The molecule has 1 N–H and O–H groups in total. The van der Waals surface area contributed by atoms with E-state index in [-0.39, 0.29) is 0 Å². The molecule has 2 saturated heterocycles. The van der Waals surface area contributed by atoms with Gasteiger partial charge in [0.2, 0.25) is 0 Å². The number of nitrogens with one attached hydrogen (secondary N) is 1. The maximum Gasteiger partial charge on any atom is 0.00729 e. The van der Waals surface area contributed by atoms with Crippen LogP contribution in [0.1, 0.15) is 39.5 Å². The lowest BCUT2D eigenvalue weighted by Crippen LogP contribution is -2.39. The van der Waals surface area contributed by atoms with E-state index >= 15 is 0 Å². The van der Waals surface area contributed by atoms with Crippen molar-refractivity contribution in [1.29, 1.82) is 0 Å². The van der Waals surface area contributed by atoms with Crippen molar-refractivity contribution in [2.75, 3.05) is 0 Å². The first-order valence-electron chi connectivity index (χ1n) is 5.01. The highest BCUT2D eigenvalue weighted by Crippen LogP contribution is 2.34. The summed E-state index contributed by atoms with van der Waals surface area (Å²) < 4.78 is 0. The summed E-state index contributed by atoms with van der Waals surface area (Å²) in [6, 6.07) is 1.75. The molecule has 1 heteroatoms. The lowest BCUT2D eigenvalue weighted by Gasteiger charge is -2.31. The smallest absolute Gasteiger partial charge is 0.00729 e. The molecule has 1 nitrogen and oxygen atoms in total. The van der Waals surface area contributed by atoms with E-state index in [0.717, 1.165) is 23.9 Å². The molecular formula is C10H19N. The van der Waals surface area contributed by atoms with Gasteiger partial charge < -0.3 is 5.32 Å². The summed E-state index contributed by atoms with van der Waals surface area (Å²) in [6.07, 6.45) is 5.75. The second-order valence-electron chi connectivity index (χ2n) is 4.61. The van der Waals surface area contributed by atoms with Gasteiger partial charge >= 0.3 is 0 Å². The molecule has 0 aromatic carbocycles. The molecule has 2 bridgehead atoms. The highest BCUT2D eigenvalue weighted by Gasteiger charge is 2.34. The van der Waals surface area contributed by atoms with Crippen LogP contribution in [-0.2, 0) is 0 Å². The van der Waals surface area contributed by atoms with Gasteiger partial charge in [-0.2, -0.15) is 0 Å². The third kappa shape index (κ3) is 1.44. The van der Waals surface area contributed by atoms with E-state index in [0.29, 0.717) is 0 Å². The van der Waals surface area contributed by atoms with Crippen LogP contribution >= 0.6 is 0 Å². The van der Waals surface area contributed by atoms with E-state index < -0.39 is 0 Å². The average molecular weight is 153 g/mol. The van der Waals surface area contributed by atoms with Crippen molar-refractivity contribution in [2.24, 2.45) is 11.8 Å². The van der Waals surface area contributed by atoms with Gasteiger partial charge in [0.1, 0.15) is 0 Å². The van der Waals surface area contributed by atoms with Gasteiger partial charge in [-0.25, -0.2) is 0 Å². The summed E-state index contributed by atoms with van der Waals surface area (Å²) >= 11 is 0. The normalized spacial score (nSPS) is 43.4. The van der Waals surface area contributed by atoms with E-state index in [9.17, 15) is 0 Å². The van der Waals surface area contributed by atoms with Gasteiger partial charge in [-0.1, -0.05) is 13.8 Å². The Bertz CT molecular complexity index is 130. The quantitative estimate of drug-likeness (QED) is 0.609. The molecule has 3 atom stereocenters. The van der Waals surface area contributed by atoms with Crippen LogP contribution in [0.3, 0.4) is 0 Å². The monoisotopic (exact) mass is 153 g/mol. The summed E-state index contributed by atoms with van der Waals surface area (Å²) in [7, 11) is 0. The molecule has 0 radical (unpaired) electrons. The largest absolute Gasteiger partial charge is 0.311 e. The second-order valence-corrected chi connectivity index (χ2v) is 4.61. The van der Waals surface area contributed by atoms with E-state index in [1.807, 2.05) is 0 Å². The number of fused-ring (bicyclic) bond motifs is 2. The Hall–Kier alpha value is -0.0400. The van der Waals surface area contributed by atoms with Crippen LogP contribution in [0.4, 0.5) is 0 Å². The summed E-state index contributed by atoms with van der Waals surface area (Å²) in [5.41, 5.74) is 0. The molecule has 11 heavy (non-hydrogen) atoms. The van der Waals surface area contributed by atoms with E-state index in [1.54, 1.807) is 0 Å². The number of hydrogen-bond acceptors (Lipinski definition) is 1. The Balaban J connectivity index is 1.97. The van der Waals surface area contributed by atoms with Crippen molar-refractivity contribution in [3.05, 3.63) is 0 Å². The van der Waals surface area contributed by atoms with E-state index in [1.165, 1.54) is 25.7 Å². The first kappa shape index (κ1) is 7.60. The van der Waals surface area contributed by atoms with Crippen LogP contribution < -0.4 is 5.32 Å². The average Bonchev–Trinajstić information content (AvgIpc) is 2.30. The standard InChI is InChI=1S/C10H19N/c1-7(2)8-5-9-3-4-10(6-8)11-9/h7-11H,3-6H2,1-2H3/t8?,9-,10+. The molecule has 0 aromatic heterocycles. The van der Waals surface area contributed by atoms with Gasteiger partial charge in [-0.15, -0.1) is 0 Å². The predicted octanol–water partition coefficient (Wildman–Crippen LogP) is 2.17. The van der Waals surface area contributed by atoms with Crippen molar-refractivity contribution in [3.8, 4) is 0 Å². The molecule has 0 saturated carbocycles. The lowest BCUT2D eigenvalue weighted by molar-refractivity contribution is 0.240. The van der Waals surface area contributed by atoms with Crippen molar-refractivity contribution in [3.63, 3.8) is 0 Å². The van der Waals surface area contributed by atoms with Crippen molar-refractivity contribution in [2.45, 2.75) is 51.6 Å². The fourth-order valence-electron chi connectivity index (χ4n) is 2.65. The zero-order valence-electron chi connectivity index (χ0n) is 7.64. The first-order chi connectivity index (χ1) is 5.25. The van der Waals surface area contributed by atoms with Gasteiger partial charge in [0, 0.05) is 12.1 Å². The summed E-state index contributed by atoms with van der Waals surface area (Å²) in [6.45, 7) is 4.74. The minimum atomic E-state index is 0.876. The van der Waals surface area contributed by atoms with Gasteiger partial charge in [0.25, 0.3) is 0 Å². The molecule has 0 aromatic rings. The summed E-state index contributed by atoms with van der Waals surface area (Å²) in [4.78, 5) is 0. The summed E-state index contributed by atoms with van der Waals surface area (Å²) in [5.74, 6) is 1.91. The Morgan fingerprint density at radius 3 is 2.09 bits per heavy atom. The summed E-state index contributed by atoms with van der Waals surface area (Å²) in [5, 5.41) is 3.68. The molecule has 2 fully saturated rings. The van der Waals surface area contributed by atoms with Gasteiger partial charge in [0.05, 0.1) is 0 Å². The molecule has 0 amide bonds. The van der Waals surface area contributed by atoms with Gasteiger partial charge in [-0.3, -0.25) is 0 Å². The molecule has 2 heterocycles. The Morgan fingerprint density at radius 1 is 1.09 bits per heavy atom. The van der Waals surface area contributed by atoms with Crippen molar-refractivity contribution in [1.82, 2.24) is 5.32 Å². The van der Waals surface area contributed by atoms with E-state index in [2.05, 4.69) is 19.2 Å². The van der Waals surface area contributed by atoms with Crippen LogP contribution in [0, 0.1) is 11.8 Å². The van der Waals surface area contributed by atoms with Crippen LogP contribution in [0.15, 0.2) is 0 Å². The van der Waals surface area contributed by atoms with Gasteiger partial charge in [-0.05, 0) is 37.5 Å². The predicted molar refractivity (Wildman–Crippen MR) is 47.5 cm³/mol. The maximum atomic E-state index is 3.68. The fourth-order valence-corrected chi connectivity index (χ4v) is 2.65. The van der Waals surface area contributed by atoms with Crippen LogP contribution in [0.2, 0.25) is 0 Å².